The summed E-state index contributed by atoms with van der Waals surface area (Å²) in [4.78, 5) is 0. The molecule has 0 atom stereocenters. The molecule has 0 N–H and O–H groups in total. The summed E-state index contributed by atoms with van der Waals surface area (Å²) in [6, 6.07) is 61.9. The second kappa shape index (κ2) is 13.0. The largest absolute Gasteiger partial charge is 0.433 e. The van der Waals surface area contributed by atoms with Gasteiger partial charge in [0, 0.05) is 0 Å². The van der Waals surface area contributed by atoms with Crippen molar-refractivity contribution in [3.8, 4) is 11.5 Å². The van der Waals surface area contributed by atoms with Gasteiger partial charge in [-0.25, -0.2) is 0 Å². The monoisotopic (exact) mass is 710 g/mol. The third kappa shape index (κ3) is 5.40. The van der Waals surface area contributed by atoms with Crippen LogP contribution in [0.15, 0.2) is 194 Å². The van der Waals surface area contributed by atoms with Crippen LogP contribution in [0, 0.1) is 0 Å². The fourth-order valence-electron chi connectivity index (χ4n) is 7.19. The lowest BCUT2D eigenvalue weighted by atomic mass is 10.1. The van der Waals surface area contributed by atoms with E-state index in [0.717, 1.165) is 43.1 Å². The van der Waals surface area contributed by atoms with Crippen LogP contribution in [0.4, 0.5) is 0 Å². The number of benzene rings is 9. The first kappa shape index (κ1) is 32.0. The highest BCUT2D eigenvalue weighted by Crippen LogP contribution is 2.54. The molecule has 0 aliphatic rings. The molecule has 0 aliphatic carbocycles. The molecule has 0 radical (unpaired) electrons. The van der Waals surface area contributed by atoms with Gasteiger partial charge in [-0.1, -0.05) is 158 Å². The van der Waals surface area contributed by atoms with Crippen LogP contribution in [-0.4, -0.2) is 0 Å². The van der Waals surface area contributed by atoms with Gasteiger partial charge in [-0.2, -0.15) is 0 Å². The van der Waals surface area contributed by atoms with Crippen LogP contribution in [0.2, 0.25) is 0 Å². The third-order valence-electron chi connectivity index (χ3n) is 9.64. The van der Waals surface area contributed by atoms with Crippen molar-refractivity contribution in [1.29, 1.82) is 0 Å². The number of rotatable bonds is 8. The SMILES string of the molecule is O=P(Oc1ccccc1OP(=O)(c1cccc2ccccc12)c1cccc2ccccc12)(c1cccc2ccccc12)c1cccc2ccccc12. The van der Waals surface area contributed by atoms with Gasteiger partial charge in [-0.05, 0) is 79.5 Å². The number of para-hydroxylation sites is 2. The molecular weight excluding hydrogens is 678 g/mol. The van der Waals surface area contributed by atoms with Crippen molar-refractivity contribution in [3.63, 3.8) is 0 Å². The second-order valence-electron chi connectivity index (χ2n) is 12.7. The summed E-state index contributed by atoms with van der Waals surface area (Å²) in [7, 11) is -7.84. The fraction of sp³-hybridized carbons (Fsp3) is 0. The van der Waals surface area contributed by atoms with E-state index < -0.39 is 14.7 Å². The molecule has 52 heavy (non-hydrogen) atoms. The molecule has 0 aromatic heterocycles. The first-order valence-electron chi connectivity index (χ1n) is 17.1. The Morgan fingerprint density at radius 3 is 0.788 bits per heavy atom. The van der Waals surface area contributed by atoms with E-state index in [4.69, 9.17) is 9.05 Å². The highest BCUT2D eigenvalue weighted by atomic mass is 31.2. The zero-order valence-corrected chi connectivity index (χ0v) is 29.8. The first-order chi connectivity index (χ1) is 25.5. The zero-order valence-electron chi connectivity index (χ0n) is 28.0. The van der Waals surface area contributed by atoms with E-state index in [-0.39, 0.29) is 11.5 Å². The Labute approximate surface area is 301 Å². The lowest BCUT2D eigenvalue weighted by Crippen LogP contribution is -2.23. The number of hydrogen-bond donors (Lipinski definition) is 0. The molecule has 9 aromatic rings. The maximum atomic E-state index is 16.1. The summed E-state index contributed by atoms with van der Waals surface area (Å²) < 4.78 is 46.0. The van der Waals surface area contributed by atoms with Crippen molar-refractivity contribution in [1.82, 2.24) is 0 Å². The van der Waals surface area contributed by atoms with E-state index in [2.05, 4.69) is 0 Å². The van der Waals surface area contributed by atoms with Gasteiger partial charge < -0.3 is 9.05 Å². The van der Waals surface area contributed by atoms with Gasteiger partial charge in [0.05, 0.1) is 21.2 Å². The Balaban J connectivity index is 1.27. The van der Waals surface area contributed by atoms with E-state index in [1.807, 2.05) is 182 Å². The first-order valence-corrected chi connectivity index (χ1v) is 20.4. The van der Waals surface area contributed by atoms with Gasteiger partial charge in [0.2, 0.25) is 0 Å². The molecule has 0 aliphatic heterocycles. The van der Waals surface area contributed by atoms with Crippen LogP contribution in [0.3, 0.4) is 0 Å². The minimum atomic E-state index is -3.92. The van der Waals surface area contributed by atoms with Crippen LogP contribution in [0.25, 0.3) is 43.1 Å². The van der Waals surface area contributed by atoms with E-state index in [1.165, 1.54) is 0 Å². The minimum Gasteiger partial charge on any atom is -0.433 e. The lowest BCUT2D eigenvalue weighted by molar-refractivity contribution is 0.467. The predicted octanol–water partition coefficient (Wildman–Crippen LogP) is 10.9. The average Bonchev–Trinajstić information content (AvgIpc) is 3.20. The quantitative estimate of drug-likeness (QED) is 0.147. The van der Waals surface area contributed by atoms with Crippen molar-refractivity contribution in [3.05, 3.63) is 194 Å². The summed E-state index contributed by atoms with van der Waals surface area (Å²) in [6.07, 6.45) is 0. The molecule has 6 heteroatoms. The molecule has 9 rings (SSSR count). The van der Waals surface area contributed by atoms with Crippen LogP contribution in [-0.2, 0) is 9.13 Å². The van der Waals surface area contributed by atoms with Crippen LogP contribution in [0.5, 0.6) is 11.5 Å². The Morgan fingerprint density at radius 1 is 0.269 bits per heavy atom. The van der Waals surface area contributed by atoms with Crippen LogP contribution >= 0.6 is 14.7 Å². The average molecular weight is 711 g/mol. The Bertz CT molecular complexity index is 2510. The Kier molecular flexibility index (Phi) is 8.01. The zero-order chi connectivity index (χ0) is 35.1. The molecule has 250 valence electrons. The number of hydrogen-bond acceptors (Lipinski definition) is 4. The summed E-state index contributed by atoms with van der Waals surface area (Å²) >= 11 is 0. The van der Waals surface area contributed by atoms with Gasteiger partial charge >= 0.3 is 14.7 Å². The van der Waals surface area contributed by atoms with Crippen molar-refractivity contribution in [2.45, 2.75) is 0 Å². The minimum absolute atomic E-state index is 0.229. The van der Waals surface area contributed by atoms with Gasteiger partial charge in [0.15, 0.2) is 11.5 Å². The van der Waals surface area contributed by atoms with Gasteiger partial charge in [0.25, 0.3) is 0 Å². The van der Waals surface area contributed by atoms with E-state index in [0.29, 0.717) is 21.2 Å². The van der Waals surface area contributed by atoms with Crippen molar-refractivity contribution in [2.24, 2.45) is 0 Å². The summed E-state index contributed by atoms with van der Waals surface area (Å²) in [5.74, 6) is 0.458. The molecular formula is C46H32O4P2. The van der Waals surface area contributed by atoms with E-state index in [1.54, 1.807) is 12.1 Å². The summed E-state index contributed by atoms with van der Waals surface area (Å²) in [6.45, 7) is 0. The molecule has 9 aromatic carbocycles. The Hall–Kier alpha value is -5.92. The summed E-state index contributed by atoms with van der Waals surface area (Å²) in [5, 5.41) is 9.41. The smallest absolute Gasteiger partial charge is 0.308 e. The van der Waals surface area contributed by atoms with E-state index >= 15 is 9.13 Å². The highest BCUT2D eigenvalue weighted by molar-refractivity contribution is 7.76. The van der Waals surface area contributed by atoms with E-state index in [9.17, 15) is 0 Å². The molecule has 0 unspecified atom stereocenters. The lowest BCUT2D eigenvalue weighted by Gasteiger charge is -2.27. The van der Waals surface area contributed by atoms with Crippen molar-refractivity contribution >= 4 is 79.0 Å². The molecule has 0 saturated carbocycles. The molecule has 0 amide bonds. The maximum Gasteiger partial charge on any atom is 0.308 e. The normalized spacial score (nSPS) is 12.0. The molecule has 0 saturated heterocycles. The molecule has 0 spiro atoms. The maximum absolute atomic E-state index is 16.1. The van der Waals surface area contributed by atoms with Crippen molar-refractivity contribution < 1.29 is 18.2 Å². The standard InChI is InChI=1S/C46H32O4P2/c47-51(43-29-11-19-33-15-1-5-23-37(33)43,44-30-12-20-34-16-2-6-24-38(34)44)49-41-27-9-10-28-42(41)50-52(48,45-31-13-21-35-17-3-7-25-39(35)45)46-32-14-22-36-18-4-8-26-40(36)46/h1-32H. The van der Waals surface area contributed by atoms with Gasteiger partial charge in [-0.15, -0.1) is 0 Å². The fourth-order valence-corrected chi connectivity index (χ4v) is 12.2. The molecule has 0 fully saturated rings. The molecule has 0 bridgehead atoms. The van der Waals surface area contributed by atoms with Gasteiger partial charge in [0.1, 0.15) is 0 Å². The molecule has 0 heterocycles. The van der Waals surface area contributed by atoms with Crippen molar-refractivity contribution in [2.75, 3.05) is 0 Å². The van der Waals surface area contributed by atoms with Gasteiger partial charge in [-0.3, -0.25) is 9.13 Å². The second-order valence-corrected chi connectivity index (χ2v) is 17.2. The topological polar surface area (TPSA) is 52.6 Å². The highest BCUT2D eigenvalue weighted by Gasteiger charge is 2.38. The molecule has 4 nitrogen and oxygen atoms in total. The third-order valence-corrected chi connectivity index (χ3v) is 14.6. The predicted molar refractivity (Wildman–Crippen MR) is 217 cm³/mol. The Morgan fingerprint density at radius 2 is 0.500 bits per heavy atom. The summed E-state index contributed by atoms with van der Waals surface area (Å²) in [5.41, 5.74) is 0. The number of fused-ring (bicyclic) bond motifs is 4. The van der Waals surface area contributed by atoms with Crippen LogP contribution in [0.1, 0.15) is 0 Å². The van der Waals surface area contributed by atoms with Crippen LogP contribution < -0.4 is 30.3 Å².